The van der Waals surface area contributed by atoms with Crippen LogP contribution in [0.25, 0.3) is 5.76 Å². The Bertz CT molecular complexity index is 1320. The van der Waals surface area contributed by atoms with Gasteiger partial charge < -0.3 is 14.9 Å². The van der Waals surface area contributed by atoms with Crippen molar-refractivity contribution in [2.24, 2.45) is 0 Å². The minimum atomic E-state index is -0.882. The molecule has 1 aliphatic rings. The lowest BCUT2D eigenvalue weighted by Gasteiger charge is -2.26. The zero-order valence-electron chi connectivity index (χ0n) is 19.8. The first-order valence-corrected chi connectivity index (χ1v) is 11.0. The molecule has 174 valence electrons. The zero-order valence-corrected chi connectivity index (χ0v) is 19.8. The molecule has 6 heteroatoms. The average Bonchev–Trinajstić information content (AvgIpc) is 3.03. The molecule has 1 amide bonds. The van der Waals surface area contributed by atoms with Crippen LogP contribution in [0.3, 0.4) is 0 Å². The summed E-state index contributed by atoms with van der Waals surface area (Å²) >= 11 is 0. The minimum Gasteiger partial charge on any atom is -0.508 e. The number of phenols is 1. The van der Waals surface area contributed by atoms with E-state index < -0.39 is 17.7 Å². The molecule has 0 aromatic heterocycles. The Balaban J connectivity index is 2.02. The van der Waals surface area contributed by atoms with Gasteiger partial charge in [0.15, 0.2) is 0 Å². The fourth-order valence-electron chi connectivity index (χ4n) is 4.71. The first-order valence-electron chi connectivity index (χ1n) is 11.0. The standard InChI is InChI=1S/C28H27NO5/c1-15-10-16(2)13-20(12-15)29-24(19-6-8-21(30)9-7-19)23(26(32)28(29)33)25(31)22-14-17(3)11-18(4)27(22)34-5/h6-14,24,30-31H,1-5H3/b25-23+. The predicted octanol–water partition coefficient (Wildman–Crippen LogP) is 5.26. The van der Waals surface area contributed by atoms with Crippen LogP contribution in [0, 0.1) is 27.7 Å². The lowest BCUT2D eigenvalue weighted by Crippen LogP contribution is -2.29. The highest BCUT2D eigenvalue weighted by Crippen LogP contribution is 2.44. The maximum absolute atomic E-state index is 13.4. The van der Waals surface area contributed by atoms with Crippen molar-refractivity contribution in [1.29, 1.82) is 0 Å². The van der Waals surface area contributed by atoms with Crippen LogP contribution >= 0.6 is 0 Å². The molecule has 2 N–H and O–H groups in total. The molecule has 1 atom stereocenters. The molecule has 3 aromatic carbocycles. The molecule has 1 saturated heterocycles. The molecule has 4 rings (SSSR count). The van der Waals surface area contributed by atoms with Gasteiger partial charge >= 0.3 is 0 Å². The lowest BCUT2D eigenvalue weighted by molar-refractivity contribution is -0.132. The third kappa shape index (κ3) is 3.92. The Morgan fingerprint density at radius 2 is 1.47 bits per heavy atom. The number of amides is 1. The number of ether oxygens (including phenoxy) is 1. The van der Waals surface area contributed by atoms with E-state index in [1.54, 1.807) is 18.2 Å². The largest absolute Gasteiger partial charge is 0.508 e. The Hall–Kier alpha value is -4.06. The third-order valence-electron chi connectivity index (χ3n) is 6.02. The number of hydrogen-bond donors (Lipinski definition) is 2. The number of benzene rings is 3. The van der Waals surface area contributed by atoms with E-state index in [1.165, 1.54) is 24.1 Å². The van der Waals surface area contributed by atoms with E-state index in [4.69, 9.17) is 4.74 Å². The molecule has 34 heavy (non-hydrogen) atoms. The summed E-state index contributed by atoms with van der Waals surface area (Å²) in [5, 5.41) is 21.3. The summed E-state index contributed by atoms with van der Waals surface area (Å²) in [6, 6.07) is 14.7. The number of rotatable bonds is 4. The number of carbonyl (C=O) groups is 2. The lowest BCUT2D eigenvalue weighted by atomic mass is 9.93. The van der Waals surface area contributed by atoms with Gasteiger partial charge in [-0.15, -0.1) is 0 Å². The number of aryl methyl sites for hydroxylation is 4. The summed E-state index contributed by atoms with van der Waals surface area (Å²) in [5.74, 6) is -1.32. The Morgan fingerprint density at radius 1 is 0.882 bits per heavy atom. The molecule has 0 bridgehead atoms. The second-order valence-corrected chi connectivity index (χ2v) is 8.77. The van der Waals surface area contributed by atoms with E-state index in [-0.39, 0.29) is 17.1 Å². The van der Waals surface area contributed by atoms with E-state index in [0.717, 1.165) is 22.3 Å². The first kappa shape index (κ1) is 23.1. The van der Waals surface area contributed by atoms with E-state index in [1.807, 2.05) is 52.0 Å². The molecule has 0 radical (unpaired) electrons. The molecule has 1 fully saturated rings. The van der Waals surface area contributed by atoms with E-state index >= 15 is 0 Å². The van der Waals surface area contributed by atoms with Crippen LogP contribution in [0.4, 0.5) is 5.69 Å². The summed E-state index contributed by atoms with van der Waals surface area (Å²) in [7, 11) is 1.50. The number of aromatic hydroxyl groups is 1. The highest BCUT2D eigenvalue weighted by Gasteiger charge is 2.47. The summed E-state index contributed by atoms with van der Waals surface area (Å²) in [4.78, 5) is 28.2. The van der Waals surface area contributed by atoms with Crippen LogP contribution in [0.2, 0.25) is 0 Å². The van der Waals surface area contributed by atoms with Gasteiger partial charge in [-0.1, -0.05) is 24.3 Å². The second kappa shape index (κ2) is 8.71. The van der Waals surface area contributed by atoms with Crippen molar-refractivity contribution in [1.82, 2.24) is 0 Å². The van der Waals surface area contributed by atoms with Gasteiger partial charge in [0, 0.05) is 5.69 Å². The van der Waals surface area contributed by atoms with Crippen molar-refractivity contribution in [2.75, 3.05) is 12.0 Å². The maximum Gasteiger partial charge on any atom is 0.300 e. The van der Waals surface area contributed by atoms with Gasteiger partial charge in [-0.25, -0.2) is 0 Å². The monoisotopic (exact) mass is 457 g/mol. The van der Waals surface area contributed by atoms with E-state index in [9.17, 15) is 19.8 Å². The average molecular weight is 458 g/mol. The van der Waals surface area contributed by atoms with Crippen LogP contribution in [-0.4, -0.2) is 29.0 Å². The topological polar surface area (TPSA) is 87.1 Å². The van der Waals surface area contributed by atoms with Gasteiger partial charge in [0.25, 0.3) is 11.7 Å². The fourth-order valence-corrected chi connectivity index (χ4v) is 4.71. The van der Waals surface area contributed by atoms with Crippen LogP contribution in [0.5, 0.6) is 11.5 Å². The number of methoxy groups -OCH3 is 1. The van der Waals surface area contributed by atoms with E-state index in [2.05, 4.69) is 0 Å². The molecule has 0 aliphatic carbocycles. The number of ketones is 1. The van der Waals surface area contributed by atoms with Crippen molar-refractivity contribution < 1.29 is 24.5 Å². The number of aliphatic hydroxyl groups excluding tert-OH is 1. The Kier molecular flexibility index (Phi) is 5.92. The van der Waals surface area contributed by atoms with Gasteiger partial charge in [0.2, 0.25) is 0 Å². The molecule has 0 saturated carbocycles. The van der Waals surface area contributed by atoms with Crippen molar-refractivity contribution in [3.63, 3.8) is 0 Å². The number of Topliss-reactive ketones (excluding diaryl/α,β-unsaturated/α-hetero) is 1. The van der Waals surface area contributed by atoms with Gasteiger partial charge in [-0.2, -0.15) is 0 Å². The van der Waals surface area contributed by atoms with E-state index in [0.29, 0.717) is 22.6 Å². The molecule has 1 aliphatic heterocycles. The maximum atomic E-state index is 13.4. The van der Waals surface area contributed by atoms with Gasteiger partial charge in [-0.3, -0.25) is 14.5 Å². The smallest absolute Gasteiger partial charge is 0.300 e. The summed E-state index contributed by atoms with van der Waals surface area (Å²) in [6.45, 7) is 7.58. The molecule has 1 unspecified atom stereocenters. The number of aliphatic hydroxyl groups is 1. The minimum absolute atomic E-state index is 0.0295. The van der Waals surface area contributed by atoms with Crippen molar-refractivity contribution in [2.45, 2.75) is 33.7 Å². The Morgan fingerprint density at radius 3 is 2.06 bits per heavy atom. The normalized spacial score (nSPS) is 17.3. The van der Waals surface area contributed by atoms with Crippen molar-refractivity contribution >= 4 is 23.1 Å². The number of carbonyl (C=O) groups excluding carboxylic acids is 2. The summed E-state index contributed by atoms with van der Waals surface area (Å²) in [5.41, 5.74) is 5.03. The van der Waals surface area contributed by atoms with Gasteiger partial charge in [0.05, 0.1) is 24.3 Å². The number of anilines is 1. The fraction of sp³-hybridized carbons (Fsp3) is 0.214. The summed E-state index contributed by atoms with van der Waals surface area (Å²) in [6.07, 6.45) is 0. The first-order chi connectivity index (χ1) is 16.1. The Labute approximate surface area is 198 Å². The quantitative estimate of drug-likeness (QED) is 0.317. The predicted molar refractivity (Wildman–Crippen MR) is 131 cm³/mol. The second-order valence-electron chi connectivity index (χ2n) is 8.77. The van der Waals surface area contributed by atoms with Crippen LogP contribution in [0.15, 0.2) is 60.2 Å². The summed E-state index contributed by atoms with van der Waals surface area (Å²) < 4.78 is 5.54. The zero-order chi connectivity index (χ0) is 24.7. The highest BCUT2D eigenvalue weighted by atomic mass is 16.5. The number of hydrogen-bond acceptors (Lipinski definition) is 5. The SMILES string of the molecule is COc1c(C)cc(C)cc1/C(O)=C1\C(=O)C(=O)N(c2cc(C)cc(C)c2)C1c1ccc(O)cc1. The van der Waals surface area contributed by atoms with Crippen LogP contribution in [0.1, 0.15) is 39.4 Å². The molecule has 3 aromatic rings. The van der Waals surface area contributed by atoms with Crippen molar-refractivity contribution in [3.05, 3.63) is 93.6 Å². The molecular weight excluding hydrogens is 430 g/mol. The van der Waals surface area contributed by atoms with Crippen LogP contribution in [-0.2, 0) is 9.59 Å². The third-order valence-corrected chi connectivity index (χ3v) is 6.02. The number of nitrogens with zero attached hydrogens (tertiary/aromatic N) is 1. The van der Waals surface area contributed by atoms with Crippen LogP contribution < -0.4 is 9.64 Å². The van der Waals surface area contributed by atoms with Gasteiger partial charge in [0.1, 0.15) is 17.3 Å². The molecule has 0 spiro atoms. The molecular formula is C28H27NO5. The highest BCUT2D eigenvalue weighted by molar-refractivity contribution is 6.51. The van der Waals surface area contributed by atoms with Crippen molar-refractivity contribution in [3.8, 4) is 11.5 Å². The number of phenolic OH excluding ortho intramolecular Hbond substituents is 1. The molecule has 6 nitrogen and oxygen atoms in total. The molecule has 1 heterocycles. The van der Waals surface area contributed by atoms with Gasteiger partial charge in [-0.05, 0) is 85.8 Å².